The smallest absolute Gasteiger partial charge is 0.176 e. The quantitative estimate of drug-likeness (QED) is 0.757. The van der Waals surface area contributed by atoms with E-state index in [0.717, 1.165) is 17.8 Å². The van der Waals surface area contributed by atoms with Gasteiger partial charge < -0.3 is 0 Å². The topological polar surface area (TPSA) is 60.7 Å². The molecule has 90 valence electrons. The summed E-state index contributed by atoms with van der Waals surface area (Å²) < 4.78 is 5.62. The Morgan fingerprint density at radius 2 is 2.35 bits per heavy atom. The fourth-order valence-electron chi connectivity index (χ4n) is 1.65. The minimum atomic E-state index is 0.123. The van der Waals surface area contributed by atoms with Gasteiger partial charge in [0, 0.05) is 25.4 Å². The van der Waals surface area contributed by atoms with Gasteiger partial charge in [0.15, 0.2) is 5.78 Å². The van der Waals surface area contributed by atoms with Gasteiger partial charge >= 0.3 is 0 Å². The highest BCUT2D eigenvalue weighted by molar-refractivity contribution is 7.08. The minimum absolute atomic E-state index is 0.123. The molecule has 17 heavy (non-hydrogen) atoms. The fourth-order valence-corrected chi connectivity index (χ4v) is 2.37. The van der Waals surface area contributed by atoms with Crippen molar-refractivity contribution < 1.29 is 4.79 Å². The zero-order valence-corrected chi connectivity index (χ0v) is 10.7. The Morgan fingerprint density at radius 1 is 1.53 bits per heavy atom. The summed E-state index contributed by atoms with van der Waals surface area (Å²) in [6, 6.07) is 1.93. The lowest BCUT2D eigenvalue weighted by Crippen LogP contribution is -2.05. The van der Waals surface area contributed by atoms with Crippen LogP contribution in [0.15, 0.2) is 12.3 Å². The molecule has 0 saturated carbocycles. The predicted molar refractivity (Wildman–Crippen MR) is 65.1 cm³/mol. The van der Waals surface area contributed by atoms with Crippen molar-refractivity contribution >= 4 is 17.3 Å². The number of carbonyl (C=O) groups is 1. The van der Waals surface area contributed by atoms with Crippen molar-refractivity contribution in [1.29, 1.82) is 0 Å². The minimum Gasteiger partial charge on any atom is -0.293 e. The van der Waals surface area contributed by atoms with Crippen LogP contribution in [-0.4, -0.2) is 25.2 Å². The molecule has 0 aliphatic rings. The number of ketones is 1. The summed E-state index contributed by atoms with van der Waals surface area (Å²) in [5.74, 6) is 0.123. The lowest BCUT2D eigenvalue weighted by atomic mass is 10.1. The Bertz CT molecular complexity index is 517. The average molecular weight is 250 g/mol. The van der Waals surface area contributed by atoms with Crippen LogP contribution in [-0.2, 0) is 19.9 Å². The van der Waals surface area contributed by atoms with E-state index in [1.165, 1.54) is 11.5 Å². The number of aromatic nitrogens is 4. The zero-order valence-electron chi connectivity index (χ0n) is 9.88. The number of hydrogen-bond acceptors (Lipinski definition) is 5. The second-order valence-electron chi connectivity index (χ2n) is 3.77. The molecular weight excluding hydrogens is 236 g/mol. The Hall–Kier alpha value is -1.56. The van der Waals surface area contributed by atoms with Gasteiger partial charge in [-0.05, 0) is 30.4 Å². The van der Waals surface area contributed by atoms with Gasteiger partial charge in [-0.1, -0.05) is 11.4 Å². The molecule has 0 atom stereocenters. The van der Waals surface area contributed by atoms with Crippen LogP contribution < -0.4 is 0 Å². The lowest BCUT2D eigenvalue weighted by molar-refractivity contribution is 0.0985. The van der Waals surface area contributed by atoms with Gasteiger partial charge in [-0.25, -0.2) is 0 Å². The molecule has 6 heteroatoms. The van der Waals surface area contributed by atoms with Crippen LogP contribution in [0.25, 0.3) is 0 Å². The van der Waals surface area contributed by atoms with E-state index in [1.54, 1.807) is 10.9 Å². The van der Waals surface area contributed by atoms with Gasteiger partial charge in [0.25, 0.3) is 0 Å². The van der Waals surface area contributed by atoms with E-state index in [9.17, 15) is 4.79 Å². The van der Waals surface area contributed by atoms with Crippen LogP contribution in [0.4, 0.5) is 0 Å². The second kappa shape index (κ2) is 5.18. The number of rotatable bonds is 5. The van der Waals surface area contributed by atoms with Crippen LogP contribution in [0.1, 0.15) is 34.4 Å². The molecular formula is C11H14N4OS. The molecule has 0 N–H and O–H groups in total. The highest BCUT2D eigenvalue weighted by atomic mass is 32.1. The van der Waals surface area contributed by atoms with Gasteiger partial charge in [-0.15, -0.1) is 5.10 Å². The molecule has 0 aliphatic heterocycles. The van der Waals surface area contributed by atoms with E-state index in [4.69, 9.17) is 0 Å². The van der Waals surface area contributed by atoms with Crippen molar-refractivity contribution in [2.24, 2.45) is 7.05 Å². The number of nitrogens with zero attached hydrogens (tertiary/aromatic N) is 4. The predicted octanol–water partition coefficient (Wildman–Crippen LogP) is 1.65. The van der Waals surface area contributed by atoms with Crippen LogP contribution in [0, 0.1) is 0 Å². The summed E-state index contributed by atoms with van der Waals surface area (Å²) in [5.41, 5.74) is 1.87. The lowest BCUT2D eigenvalue weighted by Gasteiger charge is -2.01. The van der Waals surface area contributed by atoms with Gasteiger partial charge in [-0.3, -0.25) is 9.48 Å². The molecule has 0 radical (unpaired) electrons. The summed E-state index contributed by atoms with van der Waals surface area (Å²) in [4.78, 5) is 12.7. The number of hydrogen-bond donors (Lipinski definition) is 0. The molecule has 0 unspecified atom stereocenters. The van der Waals surface area contributed by atoms with Crippen LogP contribution in [0.3, 0.4) is 0 Å². The maximum Gasteiger partial charge on any atom is 0.176 e. The molecule has 2 aromatic heterocycles. The van der Waals surface area contributed by atoms with E-state index in [0.29, 0.717) is 17.7 Å². The second-order valence-corrected chi connectivity index (χ2v) is 4.53. The molecule has 0 bridgehead atoms. The summed E-state index contributed by atoms with van der Waals surface area (Å²) >= 11 is 1.19. The number of aryl methyl sites for hydroxylation is 3. The van der Waals surface area contributed by atoms with E-state index in [1.807, 2.05) is 20.0 Å². The largest absolute Gasteiger partial charge is 0.293 e. The van der Waals surface area contributed by atoms with Crippen molar-refractivity contribution in [3.63, 3.8) is 0 Å². The first-order valence-electron chi connectivity index (χ1n) is 5.53. The van der Waals surface area contributed by atoms with Gasteiger partial charge in [0.1, 0.15) is 4.88 Å². The average Bonchev–Trinajstić information content (AvgIpc) is 2.94. The van der Waals surface area contributed by atoms with E-state index < -0.39 is 0 Å². The SMILES string of the molecule is CCc1nnsc1C(=O)CCc1ccnn1C. The summed E-state index contributed by atoms with van der Waals surface area (Å²) in [7, 11) is 1.88. The van der Waals surface area contributed by atoms with Crippen molar-refractivity contribution in [1.82, 2.24) is 19.4 Å². The van der Waals surface area contributed by atoms with E-state index >= 15 is 0 Å². The molecule has 2 rings (SSSR count). The van der Waals surface area contributed by atoms with Crippen molar-refractivity contribution in [2.45, 2.75) is 26.2 Å². The molecule has 0 amide bonds. The van der Waals surface area contributed by atoms with Crippen molar-refractivity contribution in [2.75, 3.05) is 0 Å². The number of Topliss-reactive ketones (excluding diaryl/α,β-unsaturated/α-hetero) is 1. The zero-order chi connectivity index (χ0) is 12.3. The first-order valence-corrected chi connectivity index (χ1v) is 6.31. The maximum atomic E-state index is 12.0. The van der Waals surface area contributed by atoms with Crippen molar-refractivity contribution in [3.8, 4) is 0 Å². The van der Waals surface area contributed by atoms with Crippen LogP contribution in [0.5, 0.6) is 0 Å². The molecule has 5 nitrogen and oxygen atoms in total. The first-order chi connectivity index (χ1) is 8.22. The Balaban J connectivity index is 2.01. The van der Waals surface area contributed by atoms with Crippen LogP contribution >= 0.6 is 11.5 Å². The molecule has 0 aromatic carbocycles. The summed E-state index contributed by atoms with van der Waals surface area (Å²) in [6.45, 7) is 1.98. The standard InChI is InChI=1S/C11H14N4OS/c1-3-9-11(17-14-13-9)10(16)5-4-8-6-7-12-15(8)2/h6-7H,3-5H2,1-2H3. The highest BCUT2D eigenvalue weighted by Crippen LogP contribution is 2.15. The van der Waals surface area contributed by atoms with Crippen molar-refractivity contribution in [3.05, 3.63) is 28.5 Å². The summed E-state index contributed by atoms with van der Waals surface area (Å²) in [5, 5.41) is 8.02. The third-order valence-corrected chi connectivity index (χ3v) is 3.48. The molecule has 0 saturated heterocycles. The molecule has 2 heterocycles. The highest BCUT2D eigenvalue weighted by Gasteiger charge is 2.15. The first kappa shape index (κ1) is 11.9. The third kappa shape index (κ3) is 2.58. The Kier molecular flexibility index (Phi) is 3.63. The van der Waals surface area contributed by atoms with Gasteiger partial charge in [0.05, 0.1) is 5.69 Å². The van der Waals surface area contributed by atoms with Crippen LogP contribution in [0.2, 0.25) is 0 Å². The van der Waals surface area contributed by atoms with E-state index in [-0.39, 0.29) is 5.78 Å². The Labute approximate surface area is 104 Å². The molecule has 0 spiro atoms. The van der Waals surface area contributed by atoms with Gasteiger partial charge in [-0.2, -0.15) is 5.10 Å². The number of carbonyl (C=O) groups excluding carboxylic acids is 1. The fraction of sp³-hybridized carbons (Fsp3) is 0.455. The van der Waals surface area contributed by atoms with Gasteiger partial charge in [0.2, 0.25) is 0 Å². The maximum absolute atomic E-state index is 12.0. The normalized spacial score (nSPS) is 10.7. The third-order valence-electron chi connectivity index (χ3n) is 2.67. The molecule has 0 fully saturated rings. The van der Waals surface area contributed by atoms with E-state index in [2.05, 4.69) is 14.7 Å². The monoisotopic (exact) mass is 250 g/mol. The molecule has 0 aliphatic carbocycles. The summed E-state index contributed by atoms with van der Waals surface area (Å²) in [6.07, 6.45) is 3.68. The molecule has 2 aromatic rings. The Morgan fingerprint density at radius 3 is 3.00 bits per heavy atom.